The van der Waals surface area contributed by atoms with Crippen molar-refractivity contribution in [2.24, 2.45) is 7.05 Å². The van der Waals surface area contributed by atoms with Crippen molar-refractivity contribution in [2.45, 2.75) is 40.2 Å². The van der Waals surface area contributed by atoms with E-state index >= 15 is 0 Å². The molecule has 3 heterocycles. The molecule has 7 nitrogen and oxygen atoms in total. The van der Waals surface area contributed by atoms with Gasteiger partial charge in [-0.25, -0.2) is 9.97 Å². The molecule has 0 saturated heterocycles. The van der Waals surface area contributed by atoms with Gasteiger partial charge in [0.1, 0.15) is 11.6 Å². The molecule has 0 spiro atoms. The van der Waals surface area contributed by atoms with E-state index in [0.29, 0.717) is 18.3 Å². The number of hydrogen-bond donors (Lipinski definition) is 1. The second kappa shape index (κ2) is 6.96. The average Bonchev–Trinajstić information content (AvgIpc) is 2.98. The third kappa shape index (κ3) is 3.50. The molecule has 3 aromatic heterocycles. The zero-order valence-corrected chi connectivity index (χ0v) is 15.3. The first kappa shape index (κ1) is 17.0. The monoisotopic (exact) mass is 337 g/mol. The van der Waals surface area contributed by atoms with Gasteiger partial charge in [-0.3, -0.25) is 4.98 Å². The van der Waals surface area contributed by atoms with E-state index in [4.69, 9.17) is 0 Å². The predicted octanol–water partition coefficient (Wildman–Crippen LogP) is 3.02. The van der Waals surface area contributed by atoms with E-state index in [1.807, 2.05) is 37.6 Å². The van der Waals surface area contributed by atoms with Crippen LogP contribution in [0.2, 0.25) is 0 Å². The number of rotatable bonds is 5. The Morgan fingerprint density at radius 2 is 1.96 bits per heavy atom. The van der Waals surface area contributed by atoms with Crippen molar-refractivity contribution in [1.29, 1.82) is 0 Å². The molecule has 0 radical (unpaired) electrons. The number of nitrogens with zero attached hydrogens (tertiary/aromatic N) is 6. The Balaban J connectivity index is 1.86. The molecule has 25 heavy (non-hydrogen) atoms. The molecule has 0 atom stereocenters. The Morgan fingerprint density at radius 1 is 1.16 bits per heavy atom. The van der Waals surface area contributed by atoms with Crippen LogP contribution in [0.1, 0.15) is 42.7 Å². The van der Waals surface area contributed by atoms with Crippen LogP contribution >= 0.6 is 0 Å². The fourth-order valence-corrected chi connectivity index (χ4v) is 2.62. The molecule has 0 aliphatic heterocycles. The van der Waals surface area contributed by atoms with Crippen LogP contribution in [0.15, 0.2) is 24.5 Å². The second-order valence-corrected chi connectivity index (χ2v) is 6.39. The summed E-state index contributed by atoms with van der Waals surface area (Å²) in [7, 11) is 1.99. The highest BCUT2D eigenvalue weighted by atomic mass is 15.3. The number of hydrogen-bond acceptors (Lipinski definition) is 6. The molecule has 0 aliphatic rings. The van der Waals surface area contributed by atoms with Crippen LogP contribution in [-0.4, -0.2) is 29.7 Å². The molecule has 0 aromatic carbocycles. The maximum atomic E-state index is 4.67. The van der Waals surface area contributed by atoms with Gasteiger partial charge >= 0.3 is 0 Å². The lowest BCUT2D eigenvalue weighted by molar-refractivity contribution is 0.692. The Bertz CT molecular complexity index is 869. The van der Waals surface area contributed by atoms with Gasteiger partial charge in [0.25, 0.3) is 0 Å². The highest BCUT2D eigenvalue weighted by molar-refractivity contribution is 5.58. The summed E-state index contributed by atoms with van der Waals surface area (Å²) in [5.74, 6) is 3.66. The summed E-state index contributed by atoms with van der Waals surface area (Å²) >= 11 is 0. The Hall–Kier alpha value is -2.83. The van der Waals surface area contributed by atoms with Crippen LogP contribution in [0.3, 0.4) is 0 Å². The van der Waals surface area contributed by atoms with E-state index in [9.17, 15) is 0 Å². The smallest absolute Gasteiger partial charge is 0.163 e. The van der Waals surface area contributed by atoms with Crippen molar-refractivity contribution < 1.29 is 0 Å². The number of aromatic nitrogens is 6. The number of anilines is 1. The maximum absolute atomic E-state index is 4.67. The van der Waals surface area contributed by atoms with Crippen LogP contribution < -0.4 is 5.32 Å². The standard InChI is InChI=1S/C18H23N7/c1-11(2)18-24-23-15(25(18)5)10-20-16-12(3)13(4)21-17(22-16)14-7-6-8-19-9-14/h6-9,11H,10H2,1-5H3,(H,20,21,22). The van der Waals surface area contributed by atoms with E-state index in [0.717, 1.165) is 34.3 Å². The van der Waals surface area contributed by atoms with Crippen molar-refractivity contribution in [2.75, 3.05) is 5.32 Å². The van der Waals surface area contributed by atoms with E-state index in [1.54, 1.807) is 12.4 Å². The lowest BCUT2D eigenvalue weighted by atomic mass is 10.2. The molecule has 0 amide bonds. The van der Waals surface area contributed by atoms with Crippen LogP contribution in [-0.2, 0) is 13.6 Å². The van der Waals surface area contributed by atoms with Crippen molar-refractivity contribution in [3.63, 3.8) is 0 Å². The molecule has 3 aromatic rings. The first-order valence-electron chi connectivity index (χ1n) is 8.35. The fraction of sp³-hybridized carbons (Fsp3) is 0.389. The summed E-state index contributed by atoms with van der Waals surface area (Å²) in [6.45, 7) is 8.78. The van der Waals surface area contributed by atoms with E-state index in [2.05, 4.69) is 44.3 Å². The van der Waals surface area contributed by atoms with E-state index < -0.39 is 0 Å². The summed E-state index contributed by atoms with van der Waals surface area (Å²) in [6.07, 6.45) is 3.51. The zero-order valence-electron chi connectivity index (χ0n) is 15.3. The molecule has 0 fully saturated rings. The summed E-state index contributed by atoms with van der Waals surface area (Å²) in [6, 6.07) is 3.84. The Morgan fingerprint density at radius 3 is 2.60 bits per heavy atom. The summed E-state index contributed by atoms with van der Waals surface area (Å²) in [4.78, 5) is 13.4. The lowest BCUT2D eigenvalue weighted by Crippen LogP contribution is -2.11. The van der Waals surface area contributed by atoms with Gasteiger partial charge in [-0.2, -0.15) is 0 Å². The summed E-state index contributed by atoms with van der Waals surface area (Å²) in [5, 5.41) is 11.9. The van der Waals surface area contributed by atoms with Crippen molar-refractivity contribution in [3.8, 4) is 11.4 Å². The number of aryl methyl sites for hydroxylation is 1. The van der Waals surface area contributed by atoms with Crippen LogP contribution in [0.5, 0.6) is 0 Å². The van der Waals surface area contributed by atoms with Gasteiger partial charge in [0.15, 0.2) is 11.6 Å². The molecule has 0 saturated carbocycles. The van der Waals surface area contributed by atoms with Gasteiger partial charge in [-0.05, 0) is 26.0 Å². The lowest BCUT2D eigenvalue weighted by Gasteiger charge is -2.12. The molecule has 7 heteroatoms. The number of pyridine rings is 1. The molecule has 1 N–H and O–H groups in total. The quantitative estimate of drug-likeness (QED) is 0.771. The van der Waals surface area contributed by atoms with Crippen LogP contribution in [0.25, 0.3) is 11.4 Å². The normalized spacial score (nSPS) is 11.1. The number of nitrogens with one attached hydrogen (secondary N) is 1. The van der Waals surface area contributed by atoms with Crippen LogP contribution in [0, 0.1) is 13.8 Å². The van der Waals surface area contributed by atoms with Gasteiger partial charge in [0.05, 0.1) is 6.54 Å². The van der Waals surface area contributed by atoms with Gasteiger partial charge in [-0.1, -0.05) is 13.8 Å². The van der Waals surface area contributed by atoms with Crippen LogP contribution in [0.4, 0.5) is 5.82 Å². The Kier molecular flexibility index (Phi) is 4.74. The Labute approximate surface area is 147 Å². The molecular formula is C18H23N7. The highest BCUT2D eigenvalue weighted by Gasteiger charge is 2.14. The van der Waals surface area contributed by atoms with Crippen molar-refractivity contribution in [1.82, 2.24) is 29.7 Å². The SMILES string of the molecule is Cc1nc(-c2cccnc2)nc(NCc2nnc(C(C)C)n2C)c1C. The fourth-order valence-electron chi connectivity index (χ4n) is 2.62. The first-order chi connectivity index (χ1) is 12.0. The first-order valence-corrected chi connectivity index (χ1v) is 8.35. The van der Waals surface area contributed by atoms with E-state index in [-0.39, 0.29) is 0 Å². The molecule has 0 aliphatic carbocycles. The third-order valence-electron chi connectivity index (χ3n) is 4.24. The largest absolute Gasteiger partial charge is 0.362 e. The van der Waals surface area contributed by atoms with Crippen molar-refractivity contribution in [3.05, 3.63) is 47.4 Å². The zero-order chi connectivity index (χ0) is 18.0. The maximum Gasteiger partial charge on any atom is 0.163 e. The molecule has 0 unspecified atom stereocenters. The minimum absolute atomic E-state index is 0.339. The predicted molar refractivity (Wildman–Crippen MR) is 97.2 cm³/mol. The van der Waals surface area contributed by atoms with Gasteiger partial charge in [0.2, 0.25) is 0 Å². The summed E-state index contributed by atoms with van der Waals surface area (Å²) < 4.78 is 2.03. The minimum atomic E-state index is 0.339. The highest BCUT2D eigenvalue weighted by Crippen LogP contribution is 2.21. The topological polar surface area (TPSA) is 81.4 Å². The van der Waals surface area contributed by atoms with Crippen molar-refractivity contribution >= 4 is 5.82 Å². The second-order valence-electron chi connectivity index (χ2n) is 6.39. The van der Waals surface area contributed by atoms with Gasteiger partial charge < -0.3 is 9.88 Å². The van der Waals surface area contributed by atoms with Gasteiger partial charge in [-0.15, -0.1) is 10.2 Å². The van der Waals surface area contributed by atoms with Gasteiger partial charge in [0, 0.05) is 42.2 Å². The molecule has 130 valence electrons. The summed E-state index contributed by atoms with van der Waals surface area (Å²) in [5.41, 5.74) is 2.87. The van der Waals surface area contributed by atoms with E-state index in [1.165, 1.54) is 0 Å². The molecule has 3 rings (SSSR count). The molecular weight excluding hydrogens is 314 g/mol. The molecule has 0 bridgehead atoms. The minimum Gasteiger partial charge on any atom is -0.362 e. The third-order valence-corrected chi connectivity index (χ3v) is 4.24. The average molecular weight is 337 g/mol.